The van der Waals surface area contributed by atoms with Crippen molar-refractivity contribution in [2.24, 2.45) is 0 Å². The minimum absolute atomic E-state index is 0.0140. The van der Waals surface area contributed by atoms with Gasteiger partial charge in [-0.25, -0.2) is 24.3 Å². The van der Waals surface area contributed by atoms with Crippen molar-refractivity contribution in [3.05, 3.63) is 64.0 Å². The largest absolute Gasteiger partial charge is 0.324 e. The van der Waals surface area contributed by atoms with E-state index in [4.69, 9.17) is 9.97 Å². The molecule has 1 aromatic carbocycles. The number of hydrogen-bond donors (Lipinski definition) is 2. The van der Waals surface area contributed by atoms with E-state index >= 15 is 0 Å². The second-order valence-electron chi connectivity index (χ2n) is 11.1. The van der Waals surface area contributed by atoms with Crippen LogP contribution in [-0.4, -0.2) is 35.8 Å². The highest BCUT2D eigenvalue weighted by Gasteiger charge is 2.42. The summed E-state index contributed by atoms with van der Waals surface area (Å²) in [7, 11) is 0. The molecule has 1 aliphatic heterocycles. The van der Waals surface area contributed by atoms with Gasteiger partial charge in [-0.1, -0.05) is 13.0 Å². The molecular weight excluding hydrogens is 452 g/mol. The molecule has 6 rings (SSSR count). The molecule has 36 heavy (non-hydrogen) atoms. The number of hydrogen-bond acceptors (Lipinski definition) is 7. The van der Waals surface area contributed by atoms with Crippen LogP contribution in [0.2, 0.25) is 0 Å². The summed E-state index contributed by atoms with van der Waals surface area (Å²) in [5, 5.41) is 7.39. The quantitative estimate of drug-likeness (QED) is 0.439. The lowest BCUT2D eigenvalue weighted by atomic mass is 9.85. The van der Waals surface area contributed by atoms with Gasteiger partial charge in [0.15, 0.2) is 11.5 Å². The van der Waals surface area contributed by atoms with Crippen LogP contribution in [0.1, 0.15) is 70.5 Å². The second kappa shape index (κ2) is 7.96. The van der Waals surface area contributed by atoms with Gasteiger partial charge in [-0.2, -0.15) is 4.98 Å². The van der Waals surface area contributed by atoms with Gasteiger partial charge in [-0.3, -0.25) is 4.79 Å². The summed E-state index contributed by atoms with van der Waals surface area (Å²) in [5.41, 5.74) is 3.91. The van der Waals surface area contributed by atoms with Gasteiger partial charge < -0.3 is 10.6 Å². The van der Waals surface area contributed by atoms with Crippen LogP contribution in [0.15, 0.2) is 41.5 Å². The van der Waals surface area contributed by atoms with E-state index in [1.165, 1.54) is 11.1 Å². The van der Waals surface area contributed by atoms with Crippen LogP contribution in [0, 0.1) is 0 Å². The topological polar surface area (TPSA) is 103 Å². The average molecular weight is 485 g/mol. The van der Waals surface area contributed by atoms with Gasteiger partial charge >= 0.3 is 0 Å². The summed E-state index contributed by atoms with van der Waals surface area (Å²) in [4.78, 5) is 32.0. The summed E-state index contributed by atoms with van der Waals surface area (Å²) in [6, 6.07) is 8.14. The number of benzene rings is 1. The molecule has 0 atom stereocenters. The first-order chi connectivity index (χ1) is 17.2. The number of anilines is 2. The molecule has 2 aliphatic rings. The van der Waals surface area contributed by atoms with Gasteiger partial charge in [-0.15, -0.1) is 0 Å². The number of aromatic nitrogens is 6. The fourth-order valence-corrected chi connectivity index (χ4v) is 5.14. The molecule has 4 aromatic rings. The van der Waals surface area contributed by atoms with Crippen LogP contribution in [0.25, 0.3) is 16.9 Å². The summed E-state index contributed by atoms with van der Waals surface area (Å²) < 4.78 is 3.51. The molecule has 1 aliphatic carbocycles. The Morgan fingerprint density at radius 1 is 1.08 bits per heavy atom. The fraction of sp³-hybridized carbons (Fsp3) is 0.444. The van der Waals surface area contributed by atoms with E-state index in [9.17, 15) is 4.79 Å². The third kappa shape index (κ3) is 3.69. The highest BCUT2D eigenvalue weighted by Crippen LogP contribution is 2.45. The van der Waals surface area contributed by atoms with Gasteiger partial charge in [0.1, 0.15) is 11.2 Å². The molecule has 9 nitrogen and oxygen atoms in total. The Morgan fingerprint density at radius 3 is 2.64 bits per heavy atom. The van der Waals surface area contributed by atoms with E-state index in [1.807, 2.05) is 24.6 Å². The first-order valence-electron chi connectivity index (χ1n) is 12.7. The van der Waals surface area contributed by atoms with E-state index in [-0.39, 0.29) is 22.6 Å². The van der Waals surface area contributed by atoms with Crippen molar-refractivity contribution >= 4 is 22.7 Å². The fourth-order valence-electron chi connectivity index (χ4n) is 5.14. The van der Waals surface area contributed by atoms with Crippen molar-refractivity contribution in [2.75, 3.05) is 11.9 Å². The molecule has 0 radical (unpaired) electrons. The molecule has 1 fully saturated rings. The third-order valence-corrected chi connectivity index (χ3v) is 7.51. The molecule has 2 N–H and O–H groups in total. The molecule has 0 spiro atoms. The minimum atomic E-state index is -0.132. The van der Waals surface area contributed by atoms with Crippen molar-refractivity contribution in [1.82, 2.24) is 34.6 Å². The first kappa shape index (κ1) is 22.8. The third-order valence-electron chi connectivity index (χ3n) is 7.51. The SMILES string of the molecule is CC(C)n1c(=O)c2cnc(Nc3ccc4c(c3)CCNC4(C)C)nc2n1-c1ccnc(C2(C)CC2)n1. The smallest absolute Gasteiger partial charge is 0.278 e. The molecule has 4 heterocycles. The molecule has 0 saturated heterocycles. The minimum Gasteiger partial charge on any atom is -0.324 e. The lowest BCUT2D eigenvalue weighted by Crippen LogP contribution is -2.42. The summed E-state index contributed by atoms with van der Waals surface area (Å²) in [6.45, 7) is 11.5. The van der Waals surface area contributed by atoms with Crippen LogP contribution < -0.4 is 16.2 Å². The Morgan fingerprint density at radius 2 is 1.89 bits per heavy atom. The molecule has 1 saturated carbocycles. The van der Waals surface area contributed by atoms with Crippen LogP contribution >= 0.6 is 0 Å². The molecule has 0 bridgehead atoms. The normalized spacial score (nSPS) is 17.8. The van der Waals surface area contributed by atoms with E-state index in [0.29, 0.717) is 22.8 Å². The molecular formula is C27H32N8O. The highest BCUT2D eigenvalue weighted by molar-refractivity contribution is 5.77. The average Bonchev–Trinajstić information content (AvgIpc) is 3.53. The zero-order valence-corrected chi connectivity index (χ0v) is 21.5. The maximum atomic E-state index is 13.3. The Labute approximate surface area is 210 Å². The lowest BCUT2D eigenvalue weighted by Gasteiger charge is -2.34. The van der Waals surface area contributed by atoms with Gasteiger partial charge in [0.05, 0.1) is 0 Å². The molecule has 0 amide bonds. The maximum Gasteiger partial charge on any atom is 0.278 e. The maximum absolute atomic E-state index is 13.3. The Bertz CT molecular complexity index is 1540. The van der Waals surface area contributed by atoms with E-state index in [1.54, 1.807) is 17.1 Å². The first-order valence-corrected chi connectivity index (χ1v) is 12.7. The van der Waals surface area contributed by atoms with Gasteiger partial charge in [0.25, 0.3) is 5.56 Å². The van der Waals surface area contributed by atoms with Crippen molar-refractivity contribution in [3.8, 4) is 5.82 Å². The van der Waals surface area contributed by atoms with Crippen LogP contribution in [0.4, 0.5) is 11.6 Å². The van der Waals surface area contributed by atoms with Crippen LogP contribution in [0.3, 0.4) is 0 Å². The van der Waals surface area contributed by atoms with Gasteiger partial charge in [0, 0.05) is 41.1 Å². The standard InChI is InChI=1S/C27H32N8O/c1-16(2)34-23(36)19-15-29-25(31-18-6-7-20-17(14-18)8-13-30-26(20,3)4)33-22(19)35(34)21-9-12-28-24(32-21)27(5)10-11-27/h6-7,9,12,14-16,30H,8,10-11,13H2,1-5H3,(H,29,31,33). The molecule has 9 heteroatoms. The van der Waals surface area contributed by atoms with Gasteiger partial charge in [0.2, 0.25) is 5.95 Å². The molecule has 3 aromatic heterocycles. The van der Waals surface area contributed by atoms with Crippen LogP contribution in [-0.2, 0) is 17.4 Å². The van der Waals surface area contributed by atoms with E-state index in [0.717, 1.165) is 37.3 Å². The van der Waals surface area contributed by atoms with Crippen molar-refractivity contribution in [2.45, 2.75) is 70.9 Å². The Hall–Kier alpha value is -3.59. The van der Waals surface area contributed by atoms with E-state index in [2.05, 4.69) is 59.6 Å². The van der Waals surface area contributed by atoms with Gasteiger partial charge in [-0.05, 0) is 76.8 Å². The zero-order chi connectivity index (χ0) is 25.2. The zero-order valence-electron chi connectivity index (χ0n) is 21.5. The Kier molecular flexibility index (Phi) is 5.05. The van der Waals surface area contributed by atoms with Crippen molar-refractivity contribution in [1.29, 1.82) is 0 Å². The molecule has 0 unspecified atom stereocenters. The molecule has 186 valence electrons. The number of nitrogens with one attached hydrogen (secondary N) is 2. The summed E-state index contributed by atoms with van der Waals surface area (Å²) in [6.07, 6.45) is 6.50. The van der Waals surface area contributed by atoms with Crippen LogP contribution in [0.5, 0.6) is 0 Å². The van der Waals surface area contributed by atoms with Crippen molar-refractivity contribution < 1.29 is 0 Å². The predicted octanol–water partition coefficient (Wildman–Crippen LogP) is 4.13. The predicted molar refractivity (Wildman–Crippen MR) is 140 cm³/mol. The number of fused-ring (bicyclic) bond motifs is 2. The number of nitrogens with zero attached hydrogens (tertiary/aromatic N) is 6. The Balaban J connectivity index is 1.44. The summed E-state index contributed by atoms with van der Waals surface area (Å²) >= 11 is 0. The second-order valence-corrected chi connectivity index (χ2v) is 11.1. The van der Waals surface area contributed by atoms with E-state index < -0.39 is 0 Å². The number of rotatable bonds is 5. The lowest BCUT2D eigenvalue weighted by molar-refractivity contribution is 0.382. The summed E-state index contributed by atoms with van der Waals surface area (Å²) in [5.74, 6) is 1.89. The highest BCUT2D eigenvalue weighted by atomic mass is 16.1. The van der Waals surface area contributed by atoms with Crippen molar-refractivity contribution in [3.63, 3.8) is 0 Å². The monoisotopic (exact) mass is 484 g/mol.